The van der Waals surface area contributed by atoms with Gasteiger partial charge in [0.1, 0.15) is 17.5 Å². The molecule has 6 nitrogen and oxygen atoms in total. The van der Waals surface area contributed by atoms with E-state index in [0.29, 0.717) is 17.2 Å². The van der Waals surface area contributed by atoms with Crippen molar-refractivity contribution in [3.05, 3.63) is 65.7 Å². The lowest BCUT2D eigenvalue weighted by molar-refractivity contribution is 0.00578. The summed E-state index contributed by atoms with van der Waals surface area (Å²) < 4.78 is 27.3. The Hall–Kier alpha value is -2.58. The monoisotopic (exact) mass is 396 g/mol. The van der Waals surface area contributed by atoms with E-state index in [1.54, 1.807) is 37.7 Å². The predicted octanol–water partition coefficient (Wildman–Crippen LogP) is 3.43. The van der Waals surface area contributed by atoms with Crippen LogP contribution in [-0.2, 0) is 9.31 Å². The molecule has 0 spiro atoms. The Morgan fingerprint density at radius 1 is 1.21 bits per heavy atom. The highest BCUT2D eigenvalue weighted by Gasteiger charge is 2.52. The summed E-state index contributed by atoms with van der Waals surface area (Å²) in [6.45, 7) is 11.6. The standard InChI is InChI=1S/C21H26BFN4O2/c1-14-9-10-16(22-28-20(2,3)21(4,5)29-22)17(23)13-26-19(27-18(14)24-6)15-8-7-11-25-12-15/h7-12H,1,13H2,2-6H3,(H,24,26,27)/b10-9-,17-16-. The first kappa shape index (κ1) is 21.1. The van der Waals surface area contributed by atoms with Crippen LogP contribution in [-0.4, -0.2) is 48.6 Å². The molecule has 0 unspecified atom stereocenters. The Labute approximate surface area is 171 Å². The molecular weight excluding hydrogens is 370 g/mol. The Kier molecular flexibility index (Phi) is 5.86. The van der Waals surface area contributed by atoms with Crippen LogP contribution in [0.4, 0.5) is 4.39 Å². The third-order valence-corrected chi connectivity index (χ3v) is 5.36. The zero-order valence-corrected chi connectivity index (χ0v) is 17.5. The first-order valence-corrected chi connectivity index (χ1v) is 9.45. The van der Waals surface area contributed by atoms with Gasteiger partial charge < -0.3 is 14.6 Å². The molecule has 1 fully saturated rings. The summed E-state index contributed by atoms with van der Waals surface area (Å²) in [6, 6.07) is 3.63. The molecule has 0 bridgehead atoms. The fraction of sp³-hybridized carbons (Fsp3) is 0.381. The van der Waals surface area contributed by atoms with Crippen molar-refractivity contribution < 1.29 is 13.7 Å². The summed E-state index contributed by atoms with van der Waals surface area (Å²) in [5.41, 5.74) is 0.430. The second kappa shape index (κ2) is 8.04. The van der Waals surface area contributed by atoms with Gasteiger partial charge in [-0.15, -0.1) is 0 Å². The molecule has 0 aliphatic carbocycles. The molecule has 0 radical (unpaired) electrons. The minimum absolute atomic E-state index is 0.176. The van der Waals surface area contributed by atoms with Crippen LogP contribution in [0.1, 0.15) is 33.3 Å². The minimum Gasteiger partial charge on any atom is -0.399 e. The van der Waals surface area contributed by atoms with Crippen LogP contribution < -0.4 is 5.32 Å². The van der Waals surface area contributed by atoms with Gasteiger partial charge in [-0.05, 0) is 39.8 Å². The topological polar surface area (TPSA) is 68.1 Å². The molecule has 1 aromatic rings. The van der Waals surface area contributed by atoms with Crippen molar-refractivity contribution >= 4 is 18.8 Å². The number of hydrogen-bond donors (Lipinski definition) is 1. The van der Waals surface area contributed by atoms with Gasteiger partial charge in [-0.3, -0.25) is 15.0 Å². The number of allylic oxidation sites excluding steroid dienone is 2. The van der Waals surface area contributed by atoms with Gasteiger partial charge in [-0.1, -0.05) is 18.7 Å². The van der Waals surface area contributed by atoms with Gasteiger partial charge in [0, 0.05) is 36.1 Å². The summed E-state index contributed by atoms with van der Waals surface area (Å²) in [4.78, 5) is 12.8. The number of amidine groups is 2. The fourth-order valence-corrected chi connectivity index (χ4v) is 2.87. The highest BCUT2D eigenvalue weighted by atomic mass is 19.1. The first-order valence-electron chi connectivity index (χ1n) is 9.45. The van der Waals surface area contributed by atoms with Crippen LogP contribution in [0.5, 0.6) is 0 Å². The zero-order valence-electron chi connectivity index (χ0n) is 17.5. The van der Waals surface area contributed by atoms with E-state index < -0.39 is 24.1 Å². The molecule has 0 aromatic carbocycles. The van der Waals surface area contributed by atoms with Gasteiger partial charge in [0.15, 0.2) is 0 Å². The van der Waals surface area contributed by atoms with E-state index in [4.69, 9.17) is 9.31 Å². The van der Waals surface area contributed by atoms with Gasteiger partial charge in [0.25, 0.3) is 0 Å². The normalized spacial score (nSPS) is 26.8. The molecule has 152 valence electrons. The molecule has 8 heteroatoms. The number of pyridine rings is 1. The molecule has 2 aliphatic rings. The SMILES string of the molecule is C=C1/C=C\C(B2OC(C)(C)C(C)(C)O2)=C(\F)CN=C(c2cccnc2)NC1=NC. The van der Waals surface area contributed by atoms with Crippen LogP contribution >= 0.6 is 0 Å². The highest BCUT2D eigenvalue weighted by molar-refractivity contribution is 6.55. The van der Waals surface area contributed by atoms with Crippen molar-refractivity contribution in [3.8, 4) is 0 Å². The van der Waals surface area contributed by atoms with E-state index >= 15 is 4.39 Å². The van der Waals surface area contributed by atoms with Crippen LogP contribution in [0.3, 0.4) is 0 Å². The second-order valence-corrected chi connectivity index (χ2v) is 7.91. The zero-order chi connectivity index (χ0) is 21.2. The Bertz CT molecular complexity index is 904. The maximum Gasteiger partial charge on any atom is 0.497 e. The van der Waals surface area contributed by atoms with Gasteiger partial charge in [0.05, 0.1) is 17.7 Å². The maximum absolute atomic E-state index is 15.2. The lowest BCUT2D eigenvalue weighted by Crippen LogP contribution is -2.41. The molecule has 0 atom stereocenters. The summed E-state index contributed by atoms with van der Waals surface area (Å²) in [5.74, 6) is 0.547. The molecule has 0 amide bonds. The molecule has 1 N–H and O–H groups in total. The van der Waals surface area contributed by atoms with Crippen molar-refractivity contribution in [2.75, 3.05) is 13.6 Å². The molecule has 29 heavy (non-hydrogen) atoms. The van der Waals surface area contributed by atoms with Crippen molar-refractivity contribution in [2.45, 2.75) is 38.9 Å². The molecule has 3 rings (SSSR count). The average molecular weight is 396 g/mol. The third-order valence-electron chi connectivity index (χ3n) is 5.36. The van der Waals surface area contributed by atoms with Crippen molar-refractivity contribution in [2.24, 2.45) is 9.98 Å². The van der Waals surface area contributed by atoms with E-state index in [0.717, 1.165) is 5.56 Å². The largest absolute Gasteiger partial charge is 0.497 e. The minimum atomic E-state index is -0.838. The average Bonchev–Trinajstić information content (AvgIpc) is 2.89. The molecular formula is C21H26BFN4O2. The number of aliphatic imine (C=N–C) groups is 2. The molecule has 3 heterocycles. The number of aromatic nitrogens is 1. The lowest BCUT2D eigenvalue weighted by Gasteiger charge is -2.32. The summed E-state index contributed by atoms with van der Waals surface area (Å²) in [6.07, 6.45) is 6.64. The Morgan fingerprint density at radius 2 is 1.90 bits per heavy atom. The molecule has 1 aromatic heterocycles. The fourth-order valence-electron chi connectivity index (χ4n) is 2.87. The van der Waals surface area contributed by atoms with Crippen molar-refractivity contribution in [1.29, 1.82) is 0 Å². The number of halogens is 1. The van der Waals surface area contributed by atoms with E-state index in [-0.39, 0.29) is 12.0 Å². The second-order valence-electron chi connectivity index (χ2n) is 7.91. The predicted molar refractivity (Wildman–Crippen MR) is 115 cm³/mol. The number of rotatable bonds is 2. The molecule has 0 saturated carbocycles. The molecule has 1 saturated heterocycles. The van der Waals surface area contributed by atoms with Gasteiger partial charge in [-0.2, -0.15) is 0 Å². The van der Waals surface area contributed by atoms with Crippen molar-refractivity contribution in [3.63, 3.8) is 0 Å². The molecule has 2 aliphatic heterocycles. The first-order chi connectivity index (χ1) is 13.6. The van der Waals surface area contributed by atoms with Crippen molar-refractivity contribution in [1.82, 2.24) is 10.3 Å². The number of nitrogens with zero attached hydrogens (tertiary/aromatic N) is 3. The number of hydrogen-bond acceptors (Lipinski definition) is 5. The van der Waals surface area contributed by atoms with Crippen LogP contribution in [0, 0.1) is 0 Å². The van der Waals surface area contributed by atoms with Crippen LogP contribution in [0.2, 0.25) is 0 Å². The van der Waals surface area contributed by atoms with E-state index in [2.05, 4.69) is 26.9 Å². The van der Waals surface area contributed by atoms with Crippen LogP contribution in [0.25, 0.3) is 0 Å². The quantitative estimate of drug-likeness (QED) is 0.778. The Morgan fingerprint density at radius 3 is 2.48 bits per heavy atom. The maximum atomic E-state index is 15.2. The van der Waals surface area contributed by atoms with Gasteiger partial charge >= 0.3 is 7.12 Å². The smallest absolute Gasteiger partial charge is 0.399 e. The number of nitrogens with one attached hydrogen (secondary N) is 1. The van der Waals surface area contributed by atoms with Gasteiger partial charge in [0.2, 0.25) is 0 Å². The van der Waals surface area contributed by atoms with E-state index in [9.17, 15) is 0 Å². The summed E-state index contributed by atoms with van der Waals surface area (Å²) in [7, 11) is 0.815. The van der Waals surface area contributed by atoms with E-state index in [1.807, 2.05) is 33.8 Å². The lowest BCUT2D eigenvalue weighted by atomic mass is 9.77. The van der Waals surface area contributed by atoms with Gasteiger partial charge in [-0.25, -0.2) is 4.39 Å². The highest BCUT2D eigenvalue weighted by Crippen LogP contribution is 2.39. The van der Waals surface area contributed by atoms with Crippen LogP contribution in [0.15, 0.2) is 70.1 Å². The van der Waals surface area contributed by atoms with E-state index in [1.165, 1.54) is 0 Å². The summed E-state index contributed by atoms with van der Waals surface area (Å²) in [5, 5.41) is 3.13. The Balaban J connectivity index is 2.03. The third kappa shape index (κ3) is 4.38. The summed E-state index contributed by atoms with van der Waals surface area (Å²) >= 11 is 0.